The highest BCUT2D eigenvalue weighted by Crippen LogP contribution is 2.28. The van der Waals surface area contributed by atoms with Crippen molar-refractivity contribution in [3.8, 4) is 0 Å². The van der Waals surface area contributed by atoms with Gasteiger partial charge < -0.3 is 10.1 Å². The Hall–Kier alpha value is -0.770. The summed E-state index contributed by atoms with van der Waals surface area (Å²) in [4.78, 5) is 22.7. The summed E-state index contributed by atoms with van der Waals surface area (Å²) in [5, 5.41) is 2.40. The van der Waals surface area contributed by atoms with E-state index in [1.807, 2.05) is 0 Å². The molecule has 0 unspecified atom stereocenters. The zero-order valence-electron chi connectivity index (χ0n) is 8.91. The predicted octanol–water partition coefficient (Wildman–Crippen LogP) is 2.59. The Morgan fingerprint density at radius 1 is 1.24 bits per heavy atom. The molecule has 0 fully saturated rings. The van der Waals surface area contributed by atoms with Crippen LogP contribution in [0.3, 0.4) is 0 Å². The third kappa shape index (κ3) is 3.60. The molecule has 0 saturated heterocycles. The Bertz CT molecular complexity index is 416. The highest BCUT2D eigenvalue weighted by molar-refractivity contribution is 6.76. The van der Waals surface area contributed by atoms with Crippen LogP contribution in [0.5, 0.6) is 0 Å². The van der Waals surface area contributed by atoms with Crippen LogP contribution in [0.4, 0.5) is 0 Å². The molecular weight excluding hydrogens is 284 g/mol. The summed E-state index contributed by atoms with van der Waals surface area (Å²) in [6.45, 7) is 1.53. The van der Waals surface area contributed by atoms with Crippen LogP contribution in [0.25, 0.3) is 0 Å². The second-order valence-corrected chi connectivity index (χ2v) is 5.92. The van der Waals surface area contributed by atoms with Crippen LogP contribution in [-0.2, 0) is 15.1 Å². The van der Waals surface area contributed by atoms with E-state index in [1.54, 1.807) is 30.3 Å². The van der Waals surface area contributed by atoms with E-state index in [0.717, 1.165) is 0 Å². The normalized spacial score (nSPS) is 14.8. The number of carbonyl (C=O) groups is 2. The zero-order chi connectivity index (χ0) is 13.1. The topological polar surface area (TPSA) is 46.2 Å². The highest BCUT2D eigenvalue weighted by atomic mass is 35.6. The van der Waals surface area contributed by atoms with Gasteiger partial charge in [-0.25, -0.2) is 0 Å². The smallest absolute Gasteiger partial charge is 0.273 e. The van der Waals surface area contributed by atoms with E-state index in [9.17, 15) is 9.59 Å². The Labute approximate surface area is 114 Å². The molecule has 1 rings (SSSR count). The summed E-state index contributed by atoms with van der Waals surface area (Å²) in [5.41, 5.74) is -0.611. The van der Waals surface area contributed by atoms with Gasteiger partial charge in [0.25, 0.3) is 9.70 Å². The fraction of sp³-hybridized carbons (Fsp3) is 0.273. The second kappa shape index (κ2) is 5.25. The molecule has 0 radical (unpaired) electrons. The van der Waals surface area contributed by atoms with Gasteiger partial charge >= 0.3 is 0 Å². The SMILES string of the molecule is C[C@@](C=O)(NC(=O)C(Cl)(Cl)Cl)c1ccccc1. The predicted molar refractivity (Wildman–Crippen MR) is 68.3 cm³/mol. The van der Waals surface area contributed by atoms with Crippen molar-refractivity contribution in [2.24, 2.45) is 0 Å². The minimum Gasteiger partial charge on any atom is -0.336 e. The highest BCUT2D eigenvalue weighted by Gasteiger charge is 2.37. The minimum atomic E-state index is -2.10. The number of aldehydes is 1. The van der Waals surface area contributed by atoms with Gasteiger partial charge in [-0.3, -0.25) is 4.79 Å². The number of halogens is 3. The van der Waals surface area contributed by atoms with Crippen molar-refractivity contribution in [3.05, 3.63) is 35.9 Å². The molecule has 0 saturated carbocycles. The summed E-state index contributed by atoms with van der Waals surface area (Å²) in [6.07, 6.45) is 0.594. The van der Waals surface area contributed by atoms with Crippen LogP contribution in [-0.4, -0.2) is 16.0 Å². The van der Waals surface area contributed by atoms with Crippen molar-refractivity contribution < 1.29 is 9.59 Å². The van der Waals surface area contributed by atoms with E-state index in [2.05, 4.69) is 5.32 Å². The lowest BCUT2D eigenvalue weighted by atomic mass is 9.94. The van der Waals surface area contributed by atoms with Gasteiger partial charge in [0, 0.05) is 0 Å². The number of nitrogens with one attached hydrogen (secondary N) is 1. The standard InChI is InChI=1S/C11H10Cl3NO2/c1-10(7-16,8-5-3-2-4-6-8)15-9(17)11(12,13)14/h2-7H,1H3,(H,15,17)/t10-/m0/s1. The number of rotatable bonds is 3. The average Bonchev–Trinajstić information content (AvgIpc) is 2.28. The first-order chi connectivity index (χ1) is 7.79. The van der Waals surface area contributed by atoms with Gasteiger partial charge in [-0.2, -0.15) is 0 Å². The molecule has 17 heavy (non-hydrogen) atoms. The average molecular weight is 295 g/mol. The molecule has 0 heterocycles. The van der Waals surface area contributed by atoms with E-state index in [4.69, 9.17) is 34.8 Å². The van der Waals surface area contributed by atoms with Crippen LogP contribution in [0.15, 0.2) is 30.3 Å². The maximum absolute atomic E-state index is 11.5. The molecule has 0 bridgehead atoms. The van der Waals surface area contributed by atoms with Crippen molar-refractivity contribution in [1.82, 2.24) is 5.32 Å². The van der Waals surface area contributed by atoms with Gasteiger partial charge in [0.1, 0.15) is 11.8 Å². The molecule has 1 aromatic carbocycles. The first-order valence-electron chi connectivity index (χ1n) is 4.71. The summed E-state index contributed by atoms with van der Waals surface area (Å²) < 4.78 is -2.10. The van der Waals surface area contributed by atoms with E-state index in [0.29, 0.717) is 11.8 Å². The van der Waals surface area contributed by atoms with Crippen LogP contribution < -0.4 is 5.32 Å². The monoisotopic (exact) mass is 293 g/mol. The molecule has 0 aliphatic heterocycles. The lowest BCUT2D eigenvalue weighted by molar-refractivity contribution is -0.125. The van der Waals surface area contributed by atoms with Crippen molar-refractivity contribution >= 4 is 47.0 Å². The molecule has 1 amide bonds. The van der Waals surface area contributed by atoms with Gasteiger partial charge in [-0.05, 0) is 12.5 Å². The first-order valence-corrected chi connectivity index (χ1v) is 5.84. The molecule has 1 atom stereocenters. The van der Waals surface area contributed by atoms with E-state index < -0.39 is 15.2 Å². The second-order valence-electron chi connectivity index (χ2n) is 3.64. The Balaban J connectivity index is 2.99. The quantitative estimate of drug-likeness (QED) is 0.688. The first kappa shape index (κ1) is 14.3. The molecule has 1 N–H and O–H groups in total. The number of carbonyl (C=O) groups excluding carboxylic acids is 2. The van der Waals surface area contributed by atoms with Gasteiger partial charge in [0.05, 0.1) is 0 Å². The molecule has 3 nitrogen and oxygen atoms in total. The fourth-order valence-electron chi connectivity index (χ4n) is 1.26. The largest absolute Gasteiger partial charge is 0.336 e. The molecule has 6 heteroatoms. The lowest BCUT2D eigenvalue weighted by Crippen LogP contribution is -2.49. The van der Waals surface area contributed by atoms with Crippen LogP contribution in [0.1, 0.15) is 12.5 Å². The summed E-state index contributed by atoms with van der Waals surface area (Å²) in [7, 11) is 0. The zero-order valence-corrected chi connectivity index (χ0v) is 11.2. The van der Waals surface area contributed by atoms with Gasteiger partial charge in [0.15, 0.2) is 0 Å². The van der Waals surface area contributed by atoms with Crippen molar-refractivity contribution in [3.63, 3.8) is 0 Å². The molecule has 1 aromatic rings. The molecular formula is C11H10Cl3NO2. The number of benzene rings is 1. The van der Waals surface area contributed by atoms with Crippen molar-refractivity contribution in [2.45, 2.75) is 16.3 Å². The Morgan fingerprint density at radius 2 is 1.76 bits per heavy atom. The number of alkyl halides is 3. The molecule has 0 spiro atoms. The summed E-state index contributed by atoms with van der Waals surface area (Å²) in [5.74, 6) is -0.846. The Morgan fingerprint density at radius 3 is 2.18 bits per heavy atom. The van der Waals surface area contributed by atoms with Gasteiger partial charge in [-0.1, -0.05) is 65.1 Å². The summed E-state index contributed by atoms with van der Waals surface area (Å²) >= 11 is 16.3. The van der Waals surface area contributed by atoms with E-state index >= 15 is 0 Å². The maximum Gasteiger partial charge on any atom is 0.273 e. The fourth-order valence-corrected chi connectivity index (χ4v) is 1.40. The third-order valence-electron chi connectivity index (χ3n) is 2.24. The Kier molecular flexibility index (Phi) is 4.42. The number of amides is 1. The molecule has 0 aliphatic rings. The van der Waals surface area contributed by atoms with Crippen molar-refractivity contribution in [1.29, 1.82) is 0 Å². The van der Waals surface area contributed by atoms with Crippen LogP contribution in [0, 0.1) is 0 Å². The third-order valence-corrected chi connectivity index (χ3v) is 2.75. The lowest BCUT2D eigenvalue weighted by Gasteiger charge is -2.27. The van der Waals surface area contributed by atoms with Crippen molar-refractivity contribution in [2.75, 3.05) is 0 Å². The van der Waals surface area contributed by atoms with Gasteiger partial charge in [-0.15, -0.1) is 0 Å². The maximum atomic E-state index is 11.5. The van der Waals surface area contributed by atoms with Gasteiger partial charge in [0.2, 0.25) is 0 Å². The molecule has 92 valence electrons. The number of hydrogen-bond donors (Lipinski definition) is 1. The molecule has 0 aliphatic carbocycles. The van der Waals surface area contributed by atoms with E-state index in [1.165, 1.54) is 6.92 Å². The van der Waals surface area contributed by atoms with E-state index in [-0.39, 0.29) is 0 Å². The van der Waals surface area contributed by atoms with Crippen LogP contribution >= 0.6 is 34.8 Å². The minimum absolute atomic E-state index is 0.594. The summed E-state index contributed by atoms with van der Waals surface area (Å²) in [6, 6.07) is 8.70. The number of hydrogen-bond acceptors (Lipinski definition) is 2. The molecule has 0 aromatic heterocycles. The van der Waals surface area contributed by atoms with Crippen LogP contribution in [0.2, 0.25) is 0 Å².